The zero-order valence-electron chi connectivity index (χ0n) is 18.6. The molecule has 1 aliphatic rings. The van der Waals surface area contributed by atoms with E-state index in [1.54, 1.807) is 37.0 Å². The van der Waals surface area contributed by atoms with Gasteiger partial charge in [-0.1, -0.05) is 0 Å². The van der Waals surface area contributed by atoms with Crippen molar-refractivity contribution in [3.63, 3.8) is 0 Å². The Morgan fingerprint density at radius 1 is 1.00 bits per heavy atom. The first kappa shape index (κ1) is 20.3. The predicted octanol–water partition coefficient (Wildman–Crippen LogP) is 2.97. The molecule has 0 amide bonds. The third-order valence-electron chi connectivity index (χ3n) is 5.77. The second-order valence-electron chi connectivity index (χ2n) is 8.16. The molecular formula is C23H24N4O5. The lowest BCUT2D eigenvalue weighted by Crippen LogP contribution is -2.31. The van der Waals surface area contributed by atoms with Crippen LogP contribution in [0, 0.1) is 0 Å². The minimum atomic E-state index is -0.130. The van der Waals surface area contributed by atoms with Crippen LogP contribution < -0.4 is 24.5 Å². The Hall–Kier alpha value is -3.59. The lowest BCUT2D eigenvalue weighted by Gasteiger charge is -2.23. The highest BCUT2D eigenvalue weighted by Crippen LogP contribution is 2.40. The van der Waals surface area contributed by atoms with Crippen molar-refractivity contribution >= 4 is 32.7 Å². The normalized spacial score (nSPS) is 13.9. The fraction of sp³-hybridized carbons (Fsp3) is 0.348. The molecule has 1 unspecified atom stereocenters. The summed E-state index contributed by atoms with van der Waals surface area (Å²) in [6.07, 6.45) is 0. The molecule has 0 saturated carbocycles. The van der Waals surface area contributed by atoms with Crippen molar-refractivity contribution in [2.24, 2.45) is 0 Å². The minimum absolute atomic E-state index is 0.129. The molecule has 0 N–H and O–H groups in total. The van der Waals surface area contributed by atoms with Crippen molar-refractivity contribution in [2.45, 2.75) is 13.0 Å². The second kappa shape index (κ2) is 7.52. The number of pyridine rings is 1. The quantitative estimate of drug-likeness (QED) is 0.441. The highest BCUT2D eigenvalue weighted by atomic mass is 16.7. The molecule has 2 aromatic heterocycles. The van der Waals surface area contributed by atoms with Gasteiger partial charge >= 0.3 is 0 Å². The summed E-state index contributed by atoms with van der Waals surface area (Å²) in [6, 6.07) is 7.04. The smallest absolute Gasteiger partial charge is 0.259 e. The number of aromatic nitrogens is 3. The monoisotopic (exact) mass is 436 g/mol. The molecule has 1 aliphatic heterocycles. The van der Waals surface area contributed by atoms with Crippen molar-refractivity contribution in [3.8, 4) is 23.0 Å². The van der Waals surface area contributed by atoms with Crippen LogP contribution in [0.1, 0.15) is 13.0 Å². The van der Waals surface area contributed by atoms with E-state index in [1.807, 2.05) is 32.0 Å². The summed E-state index contributed by atoms with van der Waals surface area (Å²) in [5.74, 6) is 2.25. The van der Waals surface area contributed by atoms with Crippen LogP contribution in [0.4, 0.5) is 0 Å². The van der Waals surface area contributed by atoms with E-state index in [9.17, 15) is 4.79 Å². The molecule has 0 bridgehead atoms. The van der Waals surface area contributed by atoms with Crippen LogP contribution in [-0.4, -0.2) is 61.3 Å². The van der Waals surface area contributed by atoms with Crippen LogP contribution in [-0.2, 0) is 0 Å². The molecule has 0 radical (unpaired) electrons. The zero-order valence-corrected chi connectivity index (χ0v) is 18.6. The van der Waals surface area contributed by atoms with E-state index in [0.29, 0.717) is 56.9 Å². The summed E-state index contributed by atoms with van der Waals surface area (Å²) < 4.78 is 23.8. The van der Waals surface area contributed by atoms with E-state index in [-0.39, 0.29) is 18.4 Å². The zero-order chi connectivity index (χ0) is 22.6. The summed E-state index contributed by atoms with van der Waals surface area (Å²) in [5, 5.41) is 10.9. The number of rotatable bonds is 5. The first-order valence-electron chi connectivity index (χ1n) is 10.3. The van der Waals surface area contributed by atoms with E-state index in [0.717, 1.165) is 5.39 Å². The largest absolute Gasteiger partial charge is 0.493 e. The van der Waals surface area contributed by atoms with Crippen LogP contribution in [0.15, 0.2) is 29.1 Å². The Labute approximate surface area is 184 Å². The Balaban J connectivity index is 1.98. The van der Waals surface area contributed by atoms with Crippen molar-refractivity contribution in [1.29, 1.82) is 0 Å². The van der Waals surface area contributed by atoms with E-state index >= 15 is 0 Å². The summed E-state index contributed by atoms with van der Waals surface area (Å²) in [5.41, 5.74) is 1.81. The van der Waals surface area contributed by atoms with Gasteiger partial charge in [-0.2, -0.15) is 0 Å². The van der Waals surface area contributed by atoms with Crippen LogP contribution in [0.5, 0.6) is 23.0 Å². The second-order valence-corrected chi connectivity index (χ2v) is 8.16. The molecule has 3 heterocycles. The molecular weight excluding hydrogens is 412 g/mol. The molecule has 5 rings (SSSR count). The van der Waals surface area contributed by atoms with E-state index in [1.165, 1.54) is 0 Å². The summed E-state index contributed by atoms with van der Waals surface area (Å²) in [4.78, 5) is 15.9. The number of likely N-dealkylation sites (N-methyl/N-ethyl adjacent to an activating group) is 1. The highest BCUT2D eigenvalue weighted by Gasteiger charge is 2.23. The van der Waals surface area contributed by atoms with Gasteiger partial charge in [-0.25, -0.2) is 0 Å². The maximum absolute atomic E-state index is 13.9. The number of fused-ring (bicyclic) bond motifs is 6. The van der Waals surface area contributed by atoms with Crippen LogP contribution in [0.25, 0.3) is 32.7 Å². The van der Waals surface area contributed by atoms with Gasteiger partial charge in [0.15, 0.2) is 23.0 Å². The van der Waals surface area contributed by atoms with Gasteiger partial charge in [-0.3, -0.25) is 4.79 Å². The van der Waals surface area contributed by atoms with Gasteiger partial charge in [-0.05, 0) is 39.2 Å². The SMILES string of the molecule is COc1cc2c(=O)n(C(C)CN(C)C)c3c4cc5c(cc4nnc3c2cc1OC)OCO5. The molecule has 9 nitrogen and oxygen atoms in total. The third-order valence-corrected chi connectivity index (χ3v) is 5.77. The molecule has 0 aliphatic carbocycles. The number of hydrogen-bond donors (Lipinski definition) is 0. The molecule has 0 spiro atoms. The fourth-order valence-corrected chi connectivity index (χ4v) is 4.42. The predicted molar refractivity (Wildman–Crippen MR) is 121 cm³/mol. The van der Waals surface area contributed by atoms with Gasteiger partial charge in [0.1, 0.15) is 5.52 Å². The van der Waals surface area contributed by atoms with Gasteiger partial charge in [0.25, 0.3) is 5.56 Å². The molecule has 0 fully saturated rings. The summed E-state index contributed by atoms with van der Waals surface area (Å²) in [7, 11) is 7.07. The van der Waals surface area contributed by atoms with Gasteiger partial charge in [0.05, 0.1) is 30.6 Å². The standard InChI is InChI=1S/C23H24N4O5/c1-12(10-26(2)3)27-22-15-8-19-20(32-11-31-19)9-16(15)24-25-21(22)13-6-17(29-4)18(30-5)7-14(13)23(27)28/h6-9,12H,10-11H2,1-5H3. The maximum Gasteiger partial charge on any atom is 0.259 e. The van der Waals surface area contributed by atoms with Gasteiger partial charge in [-0.15, -0.1) is 10.2 Å². The maximum atomic E-state index is 13.9. The number of methoxy groups -OCH3 is 2. The Kier molecular flexibility index (Phi) is 4.78. The highest BCUT2D eigenvalue weighted by molar-refractivity contribution is 6.13. The average Bonchev–Trinajstić information content (AvgIpc) is 3.23. The lowest BCUT2D eigenvalue weighted by molar-refractivity contribution is 0.174. The number of benzene rings is 2. The lowest BCUT2D eigenvalue weighted by atomic mass is 10.1. The molecule has 1 atom stereocenters. The Bertz CT molecular complexity index is 1430. The minimum Gasteiger partial charge on any atom is -0.493 e. The van der Waals surface area contributed by atoms with Crippen molar-refractivity contribution in [2.75, 3.05) is 41.7 Å². The van der Waals surface area contributed by atoms with Crippen LogP contribution in [0.2, 0.25) is 0 Å². The molecule has 2 aromatic carbocycles. The van der Waals surface area contributed by atoms with Crippen molar-refractivity contribution in [1.82, 2.24) is 19.7 Å². The topological polar surface area (TPSA) is 87.9 Å². The molecule has 4 aromatic rings. The fourth-order valence-electron chi connectivity index (χ4n) is 4.42. The first-order valence-corrected chi connectivity index (χ1v) is 10.3. The van der Waals surface area contributed by atoms with E-state index in [2.05, 4.69) is 10.2 Å². The van der Waals surface area contributed by atoms with Crippen molar-refractivity contribution < 1.29 is 18.9 Å². The van der Waals surface area contributed by atoms with Crippen LogP contribution in [0.3, 0.4) is 0 Å². The first-order chi connectivity index (χ1) is 15.4. The molecule has 166 valence electrons. The number of nitrogens with zero attached hydrogens (tertiary/aromatic N) is 4. The van der Waals surface area contributed by atoms with Crippen molar-refractivity contribution in [3.05, 3.63) is 34.6 Å². The number of hydrogen-bond acceptors (Lipinski definition) is 8. The van der Waals surface area contributed by atoms with Gasteiger partial charge in [0, 0.05) is 29.4 Å². The summed E-state index contributed by atoms with van der Waals surface area (Å²) in [6.45, 7) is 2.84. The Morgan fingerprint density at radius 3 is 2.31 bits per heavy atom. The Morgan fingerprint density at radius 2 is 1.66 bits per heavy atom. The summed E-state index contributed by atoms with van der Waals surface area (Å²) >= 11 is 0. The third kappa shape index (κ3) is 3.00. The van der Waals surface area contributed by atoms with Crippen LogP contribution >= 0.6 is 0 Å². The van der Waals surface area contributed by atoms with E-state index < -0.39 is 0 Å². The van der Waals surface area contributed by atoms with E-state index in [4.69, 9.17) is 18.9 Å². The molecule has 32 heavy (non-hydrogen) atoms. The average molecular weight is 436 g/mol. The molecule has 9 heteroatoms. The number of ether oxygens (including phenoxy) is 4. The van der Waals surface area contributed by atoms with Gasteiger partial charge < -0.3 is 28.4 Å². The van der Waals surface area contributed by atoms with Gasteiger partial charge in [0.2, 0.25) is 6.79 Å². The molecule has 0 saturated heterocycles.